The first-order chi connectivity index (χ1) is 8.65. The second-order valence-electron chi connectivity index (χ2n) is 3.69. The van der Waals surface area contributed by atoms with E-state index in [1.807, 2.05) is 18.2 Å². The molecular formula is C12H18N6. The van der Waals surface area contributed by atoms with Crippen molar-refractivity contribution in [1.29, 1.82) is 10.8 Å². The van der Waals surface area contributed by atoms with Gasteiger partial charge in [-0.1, -0.05) is 18.2 Å². The minimum atomic E-state index is 0.137. The van der Waals surface area contributed by atoms with Crippen LogP contribution in [0.15, 0.2) is 23.3 Å². The van der Waals surface area contributed by atoms with Gasteiger partial charge in [0.05, 0.1) is 12.1 Å². The molecule has 18 heavy (non-hydrogen) atoms. The number of fused-ring (bicyclic) bond motifs is 1. The monoisotopic (exact) mass is 246 g/mol. The third kappa shape index (κ3) is 2.85. The minimum absolute atomic E-state index is 0.137. The lowest BCUT2D eigenvalue weighted by Crippen LogP contribution is -2.14. The lowest BCUT2D eigenvalue weighted by molar-refractivity contribution is 0.892. The summed E-state index contributed by atoms with van der Waals surface area (Å²) < 4.78 is 0. The van der Waals surface area contributed by atoms with Crippen LogP contribution in [-0.4, -0.2) is 24.9 Å². The highest BCUT2D eigenvalue weighted by Crippen LogP contribution is 2.25. The van der Waals surface area contributed by atoms with E-state index in [0.717, 1.165) is 41.6 Å². The number of nitrogens with zero attached hydrogens (tertiary/aromatic N) is 1. The van der Waals surface area contributed by atoms with Gasteiger partial charge in [0, 0.05) is 18.2 Å². The van der Waals surface area contributed by atoms with E-state index in [0.29, 0.717) is 0 Å². The number of benzene rings is 1. The van der Waals surface area contributed by atoms with Crippen molar-refractivity contribution in [3.05, 3.63) is 34.9 Å². The average molecular weight is 246 g/mol. The van der Waals surface area contributed by atoms with Crippen LogP contribution in [0.25, 0.3) is 0 Å². The van der Waals surface area contributed by atoms with Crippen LogP contribution in [0.4, 0.5) is 0 Å². The highest BCUT2D eigenvalue weighted by atomic mass is 15.3. The van der Waals surface area contributed by atoms with Crippen LogP contribution >= 0.6 is 0 Å². The van der Waals surface area contributed by atoms with E-state index in [4.69, 9.17) is 16.6 Å². The van der Waals surface area contributed by atoms with Crippen LogP contribution in [0.1, 0.15) is 23.1 Å². The van der Waals surface area contributed by atoms with Crippen molar-refractivity contribution in [2.75, 3.05) is 7.05 Å². The molecule has 0 aromatic heterocycles. The number of hydrazone groups is 1. The van der Waals surface area contributed by atoms with Crippen LogP contribution in [0.3, 0.4) is 0 Å². The quantitative estimate of drug-likeness (QED) is 0.294. The lowest BCUT2D eigenvalue weighted by atomic mass is 10.0. The van der Waals surface area contributed by atoms with Gasteiger partial charge in [-0.25, -0.2) is 0 Å². The Bertz CT molecular complexity index is 477. The second-order valence-corrected chi connectivity index (χ2v) is 3.69. The molecule has 1 aliphatic rings. The molecule has 0 saturated carbocycles. The van der Waals surface area contributed by atoms with Crippen LogP contribution in [0, 0.1) is 10.8 Å². The van der Waals surface area contributed by atoms with Gasteiger partial charge in [0.1, 0.15) is 5.84 Å². The van der Waals surface area contributed by atoms with Crippen LogP contribution in [0.5, 0.6) is 0 Å². The molecule has 0 atom stereocenters. The van der Waals surface area contributed by atoms with E-state index in [-0.39, 0.29) is 5.84 Å². The first kappa shape index (κ1) is 13.7. The number of hydrogen-bond acceptors (Lipinski definition) is 4. The summed E-state index contributed by atoms with van der Waals surface area (Å²) in [6.07, 6.45) is 2.59. The summed E-state index contributed by atoms with van der Waals surface area (Å²) in [4.78, 5) is 0. The Morgan fingerprint density at radius 1 is 1.44 bits per heavy atom. The molecule has 0 bridgehead atoms. The third-order valence-electron chi connectivity index (χ3n) is 2.64. The summed E-state index contributed by atoms with van der Waals surface area (Å²) in [5, 5.41) is 17.6. The van der Waals surface area contributed by atoms with Gasteiger partial charge in [0.15, 0.2) is 0 Å². The molecular weight excluding hydrogens is 228 g/mol. The van der Waals surface area contributed by atoms with Crippen molar-refractivity contribution in [3.8, 4) is 0 Å². The summed E-state index contributed by atoms with van der Waals surface area (Å²) in [6, 6.07) is 5.85. The van der Waals surface area contributed by atoms with Gasteiger partial charge in [-0.2, -0.15) is 5.10 Å². The lowest BCUT2D eigenvalue weighted by Gasteiger charge is -2.05. The fraction of sp³-hybridized carbons (Fsp3) is 0.250. The van der Waals surface area contributed by atoms with E-state index >= 15 is 0 Å². The molecule has 0 fully saturated rings. The molecule has 0 amide bonds. The summed E-state index contributed by atoms with van der Waals surface area (Å²) >= 11 is 0. The van der Waals surface area contributed by atoms with E-state index in [1.54, 1.807) is 7.05 Å². The van der Waals surface area contributed by atoms with Crippen molar-refractivity contribution in [2.24, 2.45) is 16.6 Å². The smallest absolute Gasteiger partial charge is 0.123 e. The van der Waals surface area contributed by atoms with E-state index < -0.39 is 0 Å². The highest BCUT2D eigenvalue weighted by Gasteiger charge is 2.21. The molecule has 96 valence electrons. The Kier molecular flexibility index (Phi) is 4.86. The first-order valence-electron chi connectivity index (χ1n) is 5.56. The van der Waals surface area contributed by atoms with Crippen molar-refractivity contribution in [1.82, 2.24) is 5.43 Å². The van der Waals surface area contributed by atoms with Gasteiger partial charge >= 0.3 is 0 Å². The summed E-state index contributed by atoms with van der Waals surface area (Å²) in [6.45, 7) is 0. The predicted molar refractivity (Wildman–Crippen MR) is 74.3 cm³/mol. The third-order valence-corrected chi connectivity index (χ3v) is 2.64. The second kappa shape index (κ2) is 6.39. The molecule has 6 nitrogen and oxygen atoms in total. The zero-order valence-electron chi connectivity index (χ0n) is 10.3. The number of hydrogen-bond donors (Lipinski definition) is 5. The fourth-order valence-electron chi connectivity index (χ4n) is 2.01. The van der Waals surface area contributed by atoms with Gasteiger partial charge in [0.25, 0.3) is 0 Å². The molecule has 0 spiro atoms. The largest absolute Gasteiger partial charge is 0.390 e. The highest BCUT2D eigenvalue weighted by molar-refractivity contribution is 6.08. The van der Waals surface area contributed by atoms with Gasteiger partial charge in [-0.15, -0.1) is 0 Å². The van der Waals surface area contributed by atoms with Crippen LogP contribution in [0.2, 0.25) is 0 Å². The predicted octanol–water partition coefficient (Wildman–Crippen LogP) is 0.393. The molecule has 1 aromatic rings. The molecule has 0 unspecified atom stereocenters. The molecule has 1 aromatic carbocycles. The van der Waals surface area contributed by atoms with Gasteiger partial charge in [-0.05, 0) is 18.4 Å². The number of nitrogens with two attached hydrogens (primary N) is 2. The maximum atomic E-state index is 7.49. The van der Waals surface area contributed by atoms with Crippen molar-refractivity contribution >= 4 is 17.9 Å². The molecule has 0 heterocycles. The minimum Gasteiger partial charge on any atom is -0.390 e. The van der Waals surface area contributed by atoms with Crippen LogP contribution in [-0.2, 0) is 6.42 Å². The summed E-state index contributed by atoms with van der Waals surface area (Å²) in [5.41, 5.74) is 16.9. The zero-order chi connectivity index (χ0) is 13.5. The van der Waals surface area contributed by atoms with E-state index in [1.165, 1.54) is 0 Å². The SMILES string of the molecule is CN/N=C1\CCc2c(C(=N)N)cccc21.N=CN. The number of rotatable bonds is 2. The van der Waals surface area contributed by atoms with Gasteiger partial charge < -0.3 is 16.9 Å². The summed E-state index contributed by atoms with van der Waals surface area (Å²) in [5.74, 6) is 0.137. The summed E-state index contributed by atoms with van der Waals surface area (Å²) in [7, 11) is 1.79. The average Bonchev–Trinajstić information content (AvgIpc) is 2.74. The Labute approximate surface area is 106 Å². The van der Waals surface area contributed by atoms with Crippen molar-refractivity contribution < 1.29 is 0 Å². The standard InChI is InChI=1S/C11H14N4.CH4N2/c1-14-15-10-6-5-7-8(10)3-2-4-9(7)11(12)13;2-1-3/h2-4,14H,5-6H2,1H3,(H3,12,13);1H,(H3,2,3)/b15-10+;. The Hall–Kier alpha value is -2.37. The van der Waals surface area contributed by atoms with Gasteiger partial charge in [0.2, 0.25) is 0 Å². The Morgan fingerprint density at radius 3 is 2.67 bits per heavy atom. The first-order valence-corrected chi connectivity index (χ1v) is 5.56. The van der Waals surface area contributed by atoms with E-state index in [2.05, 4.69) is 16.3 Å². The van der Waals surface area contributed by atoms with Crippen molar-refractivity contribution in [2.45, 2.75) is 12.8 Å². The van der Waals surface area contributed by atoms with Gasteiger partial charge in [-0.3, -0.25) is 10.8 Å². The Morgan fingerprint density at radius 2 is 2.11 bits per heavy atom. The van der Waals surface area contributed by atoms with Crippen LogP contribution < -0.4 is 16.9 Å². The molecule has 7 N–H and O–H groups in total. The fourth-order valence-corrected chi connectivity index (χ4v) is 2.01. The molecule has 2 rings (SSSR count). The van der Waals surface area contributed by atoms with E-state index in [9.17, 15) is 0 Å². The molecule has 6 heteroatoms. The van der Waals surface area contributed by atoms with Crippen molar-refractivity contribution in [3.63, 3.8) is 0 Å². The molecule has 0 aliphatic heterocycles. The number of nitrogens with one attached hydrogen (secondary N) is 3. The Balaban J connectivity index is 0.000000492. The normalized spacial score (nSPS) is 14.4. The topological polar surface area (TPSA) is 124 Å². The number of nitrogen functional groups attached to an aromatic ring is 1. The maximum absolute atomic E-state index is 7.49. The molecule has 0 saturated heterocycles. The zero-order valence-corrected chi connectivity index (χ0v) is 10.3. The molecule has 0 radical (unpaired) electrons. The maximum Gasteiger partial charge on any atom is 0.123 e. The molecule has 1 aliphatic carbocycles. The number of amidine groups is 1.